The van der Waals surface area contributed by atoms with Crippen LogP contribution in [0.15, 0.2) is 40.9 Å². The molecule has 0 bridgehead atoms. The fraction of sp³-hybridized carbons (Fsp3) is 0.350. The van der Waals surface area contributed by atoms with E-state index in [9.17, 15) is 0 Å². The molecule has 3 rings (SSSR count). The van der Waals surface area contributed by atoms with Crippen LogP contribution in [0.1, 0.15) is 30.9 Å². The van der Waals surface area contributed by atoms with E-state index in [4.69, 9.17) is 21.1 Å². The molecule has 0 radical (unpaired) electrons. The summed E-state index contributed by atoms with van der Waals surface area (Å²) in [6.07, 6.45) is 2.11. The van der Waals surface area contributed by atoms with Gasteiger partial charge in [0, 0.05) is 11.6 Å². The lowest BCUT2D eigenvalue weighted by atomic mass is 10.2. The first-order chi connectivity index (χ1) is 14.1. The molecule has 0 atom stereocenters. The van der Waals surface area contributed by atoms with E-state index in [0.29, 0.717) is 35.6 Å². The number of methoxy groups -OCH3 is 1. The van der Waals surface area contributed by atoms with Crippen molar-refractivity contribution in [3.63, 3.8) is 0 Å². The van der Waals surface area contributed by atoms with Gasteiger partial charge in [0.2, 0.25) is 0 Å². The molecule has 0 spiro atoms. The van der Waals surface area contributed by atoms with Gasteiger partial charge in [-0.15, -0.1) is 5.10 Å². The summed E-state index contributed by atoms with van der Waals surface area (Å²) < 4.78 is 12.3. The Labute approximate surface area is 183 Å². The van der Waals surface area contributed by atoms with Crippen molar-refractivity contribution in [1.82, 2.24) is 20.2 Å². The van der Waals surface area contributed by atoms with Gasteiger partial charge in [-0.1, -0.05) is 42.2 Å². The first-order valence-electron chi connectivity index (χ1n) is 9.34. The van der Waals surface area contributed by atoms with Crippen LogP contribution in [0, 0.1) is 0 Å². The summed E-state index contributed by atoms with van der Waals surface area (Å²) in [6.45, 7) is 3.84. The second kappa shape index (κ2) is 10.5. The molecule has 1 N–H and O–H groups in total. The number of rotatable bonds is 10. The normalized spacial score (nSPS) is 10.8. The molecule has 2 aromatic carbocycles. The van der Waals surface area contributed by atoms with E-state index < -0.39 is 0 Å². The van der Waals surface area contributed by atoms with Crippen LogP contribution in [0.3, 0.4) is 0 Å². The van der Waals surface area contributed by atoms with Crippen molar-refractivity contribution in [1.29, 1.82) is 0 Å². The standard InChI is InChI=1S/C20H23BrClN5O2/c1-3-4-9-27-25-20(24-26-27)23-12-15-10-17(21)19(18(11-15)28-2)29-13-14-5-7-16(22)8-6-14/h5-8,10-11H,3-4,9,12-13H2,1-2H3,(H,23,25). The Balaban J connectivity index is 1.64. The Kier molecular flexibility index (Phi) is 7.71. The topological polar surface area (TPSA) is 74.1 Å². The average molecular weight is 481 g/mol. The van der Waals surface area contributed by atoms with Gasteiger partial charge < -0.3 is 14.8 Å². The molecule has 0 fully saturated rings. The molecule has 1 heterocycles. The van der Waals surface area contributed by atoms with Crippen LogP contribution in [-0.4, -0.2) is 27.3 Å². The highest BCUT2D eigenvalue weighted by Gasteiger charge is 2.13. The number of unbranched alkanes of at least 4 members (excludes halogenated alkanes) is 1. The summed E-state index contributed by atoms with van der Waals surface area (Å²) >= 11 is 9.51. The summed E-state index contributed by atoms with van der Waals surface area (Å²) in [5, 5.41) is 16.3. The second-order valence-electron chi connectivity index (χ2n) is 6.44. The van der Waals surface area contributed by atoms with Gasteiger partial charge in [-0.2, -0.15) is 4.80 Å². The maximum absolute atomic E-state index is 5.97. The minimum atomic E-state index is 0.411. The number of benzene rings is 2. The third-order valence-electron chi connectivity index (χ3n) is 4.20. The Morgan fingerprint density at radius 2 is 1.97 bits per heavy atom. The first kappa shape index (κ1) is 21.4. The third kappa shape index (κ3) is 6.08. The summed E-state index contributed by atoms with van der Waals surface area (Å²) in [7, 11) is 1.62. The fourth-order valence-corrected chi connectivity index (χ4v) is 3.37. The maximum atomic E-state index is 5.97. The monoisotopic (exact) mass is 479 g/mol. The number of anilines is 1. The van der Waals surface area contributed by atoms with E-state index in [2.05, 4.69) is 43.6 Å². The van der Waals surface area contributed by atoms with E-state index >= 15 is 0 Å². The first-order valence-corrected chi connectivity index (χ1v) is 10.5. The molecule has 3 aromatic rings. The van der Waals surface area contributed by atoms with E-state index in [1.807, 2.05) is 36.4 Å². The number of ether oxygens (including phenoxy) is 2. The summed E-state index contributed by atoms with van der Waals surface area (Å²) in [6, 6.07) is 11.5. The largest absolute Gasteiger partial charge is 0.493 e. The van der Waals surface area contributed by atoms with Crippen molar-refractivity contribution in [2.75, 3.05) is 12.4 Å². The van der Waals surface area contributed by atoms with Gasteiger partial charge in [0.1, 0.15) is 6.61 Å². The molecule has 7 nitrogen and oxygen atoms in total. The molecule has 0 unspecified atom stereocenters. The van der Waals surface area contributed by atoms with Gasteiger partial charge in [0.25, 0.3) is 5.95 Å². The van der Waals surface area contributed by atoms with Crippen LogP contribution in [0.25, 0.3) is 0 Å². The molecule has 0 aliphatic heterocycles. The van der Waals surface area contributed by atoms with Gasteiger partial charge in [-0.3, -0.25) is 0 Å². The summed E-state index contributed by atoms with van der Waals surface area (Å²) in [4.78, 5) is 1.61. The van der Waals surface area contributed by atoms with Crippen molar-refractivity contribution in [2.45, 2.75) is 39.5 Å². The van der Waals surface area contributed by atoms with Gasteiger partial charge in [0.15, 0.2) is 11.5 Å². The Morgan fingerprint density at radius 3 is 2.69 bits per heavy atom. The van der Waals surface area contributed by atoms with E-state index in [0.717, 1.165) is 35.0 Å². The third-order valence-corrected chi connectivity index (χ3v) is 5.04. The lowest BCUT2D eigenvalue weighted by Gasteiger charge is -2.14. The number of aryl methyl sites for hydroxylation is 1. The van der Waals surface area contributed by atoms with Crippen LogP contribution in [-0.2, 0) is 19.7 Å². The highest BCUT2D eigenvalue weighted by Crippen LogP contribution is 2.37. The number of tetrazole rings is 1. The zero-order chi connectivity index (χ0) is 20.6. The fourth-order valence-electron chi connectivity index (χ4n) is 2.64. The van der Waals surface area contributed by atoms with Crippen LogP contribution in [0.5, 0.6) is 11.5 Å². The van der Waals surface area contributed by atoms with Crippen molar-refractivity contribution < 1.29 is 9.47 Å². The Bertz CT molecular complexity index is 933. The molecular weight excluding hydrogens is 458 g/mol. The van der Waals surface area contributed by atoms with Crippen LogP contribution < -0.4 is 14.8 Å². The predicted molar refractivity (Wildman–Crippen MR) is 117 cm³/mol. The molecule has 0 saturated heterocycles. The molecule has 9 heteroatoms. The minimum absolute atomic E-state index is 0.411. The zero-order valence-corrected chi connectivity index (χ0v) is 18.7. The molecule has 0 aliphatic carbocycles. The molecule has 0 aliphatic rings. The lowest BCUT2D eigenvalue weighted by molar-refractivity contribution is 0.282. The van der Waals surface area contributed by atoms with Crippen molar-refractivity contribution >= 4 is 33.5 Å². The van der Waals surface area contributed by atoms with E-state index in [1.165, 1.54) is 0 Å². The average Bonchev–Trinajstić information content (AvgIpc) is 3.18. The summed E-state index contributed by atoms with van der Waals surface area (Å²) in [5.74, 6) is 1.79. The highest BCUT2D eigenvalue weighted by molar-refractivity contribution is 9.10. The lowest BCUT2D eigenvalue weighted by Crippen LogP contribution is -2.05. The van der Waals surface area contributed by atoms with Gasteiger partial charge in [-0.05, 0) is 63.0 Å². The quantitative estimate of drug-likeness (QED) is 0.436. The summed E-state index contributed by atoms with van der Waals surface area (Å²) in [5.41, 5.74) is 2.02. The number of halogens is 2. The van der Waals surface area contributed by atoms with Crippen molar-refractivity contribution in [3.8, 4) is 11.5 Å². The van der Waals surface area contributed by atoms with Crippen LogP contribution in [0.4, 0.5) is 5.95 Å². The van der Waals surface area contributed by atoms with Crippen LogP contribution in [0.2, 0.25) is 5.02 Å². The van der Waals surface area contributed by atoms with Gasteiger partial charge in [0.05, 0.1) is 18.1 Å². The second-order valence-corrected chi connectivity index (χ2v) is 7.73. The Morgan fingerprint density at radius 1 is 1.17 bits per heavy atom. The number of aromatic nitrogens is 4. The minimum Gasteiger partial charge on any atom is -0.493 e. The number of nitrogens with one attached hydrogen (secondary N) is 1. The van der Waals surface area contributed by atoms with Crippen molar-refractivity contribution in [2.24, 2.45) is 0 Å². The molecular formula is C20H23BrClN5O2. The molecule has 29 heavy (non-hydrogen) atoms. The molecule has 154 valence electrons. The smallest absolute Gasteiger partial charge is 0.263 e. The van der Waals surface area contributed by atoms with Gasteiger partial charge >= 0.3 is 0 Å². The van der Waals surface area contributed by atoms with Gasteiger partial charge in [-0.25, -0.2) is 0 Å². The number of hydrogen-bond donors (Lipinski definition) is 1. The molecule has 0 saturated carbocycles. The molecule has 1 aromatic heterocycles. The van der Waals surface area contributed by atoms with Crippen LogP contribution >= 0.6 is 27.5 Å². The highest BCUT2D eigenvalue weighted by atomic mass is 79.9. The molecule has 0 amide bonds. The van der Waals surface area contributed by atoms with E-state index in [1.54, 1.807) is 11.9 Å². The number of hydrogen-bond acceptors (Lipinski definition) is 6. The Hall–Kier alpha value is -2.32. The zero-order valence-electron chi connectivity index (χ0n) is 16.4. The maximum Gasteiger partial charge on any atom is 0.263 e. The predicted octanol–water partition coefficient (Wildman–Crippen LogP) is 5.09. The number of nitrogens with zero attached hydrogens (tertiary/aromatic N) is 4. The SMILES string of the molecule is CCCCn1nnc(NCc2cc(Br)c(OCc3ccc(Cl)cc3)c(OC)c2)n1. The van der Waals surface area contributed by atoms with Crippen molar-refractivity contribution in [3.05, 3.63) is 57.0 Å². The van der Waals surface area contributed by atoms with E-state index in [-0.39, 0.29) is 0 Å².